The number of hydrogen-bond donors (Lipinski definition) is 2. The molecule has 234 valence electrons. The van der Waals surface area contributed by atoms with Gasteiger partial charge < -0.3 is 20.9 Å². The Labute approximate surface area is 259 Å². The fraction of sp³-hybridized carbons (Fsp3) is 0.471. The number of esters is 2. The Kier molecular flexibility index (Phi) is 12.5. The van der Waals surface area contributed by atoms with Crippen LogP contribution in [0.15, 0.2) is 48.5 Å². The molecule has 0 aliphatic carbocycles. The molecule has 0 aliphatic heterocycles. The molecule has 10 heteroatoms. The van der Waals surface area contributed by atoms with Gasteiger partial charge in [-0.25, -0.2) is 9.59 Å². The smallest absolute Gasteiger partial charge is 0.418 e. The van der Waals surface area contributed by atoms with E-state index in [9.17, 15) is 29.7 Å². The largest absolute Gasteiger partial charge is 0.448 e. The van der Waals surface area contributed by atoms with Gasteiger partial charge in [-0.3, -0.25) is 9.59 Å². The fourth-order valence-corrected chi connectivity index (χ4v) is 4.62. The molecule has 2 aromatic rings. The summed E-state index contributed by atoms with van der Waals surface area (Å²) in [6.07, 6.45) is -1.28. The monoisotopic (exact) mass is 602 g/mol. The van der Waals surface area contributed by atoms with Crippen LogP contribution in [0, 0.1) is 33.5 Å². The molecular formula is C34H42N4O6. The third-order valence-corrected chi connectivity index (χ3v) is 7.99. The predicted octanol–water partition coefficient (Wildman–Crippen LogP) is 4.74. The molecule has 0 fully saturated rings. The van der Waals surface area contributed by atoms with Crippen molar-refractivity contribution in [2.75, 3.05) is 0 Å². The molecule has 0 amide bonds. The van der Waals surface area contributed by atoms with Crippen LogP contribution in [0.4, 0.5) is 0 Å². The van der Waals surface area contributed by atoms with E-state index in [1.807, 2.05) is 26.0 Å². The summed E-state index contributed by atoms with van der Waals surface area (Å²) >= 11 is 0. The molecule has 2 rings (SSSR count). The maximum Gasteiger partial charge on any atom is 0.418 e. The van der Waals surface area contributed by atoms with Gasteiger partial charge in [0.15, 0.2) is 0 Å². The summed E-state index contributed by atoms with van der Waals surface area (Å²) in [4.78, 5) is 53.4. The highest BCUT2D eigenvalue weighted by molar-refractivity contribution is 6.29. The first-order valence-corrected chi connectivity index (χ1v) is 14.6. The molecular weight excluding hydrogens is 560 g/mol. The normalized spacial score (nSPS) is 14.2. The zero-order valence-corrected chi connectivity index (χ0v) is 26.3. The third kappa shape index (κ3) is 8.82. The van der Waals surface area contributed by atoms with Crippen molar-refractivity contribution in [3.63, 3.8) is 0 Å². The van der Waals surface area contributed by atoms with Gasteiger partial charge in [0.1, 0.15) is 23.8 Å². The minimum absolute atomic E-state index is 0.0231. The lowest BCUT2D eigenvalue weighted by molar-refractivity contribution is -0.183. The summed E-state index contributed by atoms with van der Waals surface area (Å²) in [7, 11) is 0. The Balaban J connectivity index is 2.47. The number of ether oxygens (including phenoxy) is 2. The molecule has 44 heavy (non-hydrogen) atoms. The lowest BCUT2D eigenvalue weighted by Crippen LogP contribution is -2.40. The van der Waals surface area contributed by atoms with E-state index < -0.39 is 47.1 Å². The number of ketones is 2. The summed E-state index contributed by atoms with van der Waals surface area (Å²) in [5.74, 6) is -3.30. The summed E-state index contributed by atoms with van der Waals surface area (Å²) < 4.78 is 11.4. The van der Waals surface area contributed by atoms with Crippen molar-refractivity contribution in [1.29, 1.82) is 10.5 Å². The molecule has 4 atom stereocenters. The van der Waals surface area contributed by atoms with Gasteiger partial charge in [0, 0.05) is 24.9 Å². The van der Waals surface area contributed by atoms with Crippen LogP contribution in [0.2, 0.25) is 0 Å². The van der Waals surface area contributed by atoms with Crippen LogP contribution in [0.5, 0.6) is 0 Å². The second kappa shape index (κ2) is 15.4. The Morgan fingerprint density at radius 2 is 0.955 bits per heavy atom. The van der Waals surface area contributed by atoms with Crippen LogP contribution in [0.1, 0.15) is 102 Å². The minimum atomic E-state index is -1.37. The molecule has 0 spiro atoms. The van der Waals surface area contributed by atoms with E-state index in [4.69, 9.17) is 20.9 Å². The Morgan fingerprint density at radius 3 is 1.20 bits per heavy atom. The molecule has 10 nitrogen and oxygen atoms in total. The maximum atomic E-state index is 13.4. The van der Waals surface area contributed by atoms with Crippen LogP contribution in [0.25, 0.3) is 0 Å². The van der Waals surface area contributed by atoms with Crippen LogP contribution >= 0.6 is 0 Å². The number of nitrogens with two attached hydrogens (primary N) is 2. The van der Waals surface area contributed by atoms with Gasteiger partial charge in [-0.2, -0.15) is 10.5 Å². The first-order valence-electron chi connectivity index (χ1n) is 14.6. The zero-order valence-electron chi connectivity index (χ0n) is 26.3. The minimum Gasteiger partial charge on any atom is -0.448 e. The maximum absolute atomic E-state index is 13.4. The van der Waals surface area contributed by atoms with Gasteiger partial charge in [-0.1, -0.05) is 38.1 Å². The fourth-order valence-electron chi connectivity index (χ4n) is 4.62. The highest BCUT2D eigenvalue weighted by atomic mass is 16.6. The molecule has 0 saturated carbocycles. The number of carbonyl (C=O) groups excluding carboxylic acids is 4. The molecule has 0 bridgehead atoms. The average molecular weight is 603 g/mol. The molecule has 0 aromatic heterocycles. The molecule has 4 unspecified atom stereocenters. The quantitative estimate of drug-likeness (QED) is 0.226. The second-order valence-electron chi connectivity index (χ2n) is 12.1. The second-order valence-corrected chi connectivity index (χ2v) is 12.1. The third-order valence-electron chi connectivity index (χ3n) is 7.99. The Hall–Kier alpha value is -4.38. The molecule has 0 saturated heterocycles. The number of nitriles is 2. The van der Waals surface area contributed by atoms with Crippen molar-refractivity contribution in [1.82, 2.24) is 0 Å². The van der Waals surface area contributed by atoms with Crippen LogP contribution in [-0.4, -0.2) is 35.6 Å². The number of rotatable bonds is 14. The highest BCUT2D eigenvalue weighted by Gasteiger charge is 2.44. The summed E-state index contributed by atoms with van der Waals surface area (Å²) in [6, 6.07) is 15.5. The van der Waals surface area contributed by atoms with E-state index in [0.29, 0.717) is 35.1 Å². The zero-order chi connectivity index (χ0) is 33.2. The van der Waals surface area contributed by atoms with Gasteiger partial charge in [0.05, 0.1) is 34.1 Å². The van der Waals surface area contributed by atoms with Gasteiger partial charge in [0.2, 0.25) is 0 Å². The van der Waals surface area contributed by atoms with Crippen molar-refractivity contribution >= 4 is 23.5 Å². The van der Waals surface area contributed by atoms with E-state index in [1.165, 1.54) is 24.3 Å². The van der Waals surface area contributed by atoms with E-state index in [2.05, 4.69) is 0 Å². The Bertz CT molecular complexity index is 1310. The van der Waals surface area contributed by atoms with E-state index in [-0.39, 0.29) is 24.4 Å². The van der Waals surface area contributed by atoms with Crippen LogP contribution in [-0.2, 0) is 28.7 Å². The number of carbonyl (C=O) groups is 4. The van der Waals surface area contributed by atoms with Crippen LogP contribution < -0.4 is 11.5 Å². The highest BCUT2D eigenvalue weighted by Crippen LogP contribution is 2.41. The van der Waals surface area contributed by atoms with Crippen molar-refractivity contribution in [3.8, 4) is 12.1 Å². The molecule has 4 N–H and O–H groups in total. The topological polar surface area (TPSA) is 186 Å². The van der Waals surface area contributed by atoms with E-state index >= 15 is 0 Å². The lowest BCUT2D eigenvalue weighted by Gasteiger charge is -2.35. The van der Waals surface area contributed by atoms with Gasteiger partial charge in [0.25, 0.3) is 0 Å². The molecule has 0 aliphatic rings. The van der Waals surface area contributed by atoms with E-state index in [1.54, 1.807) is 52.0 Å². The van der Waals surface area contributed by atoms with Gasteiger partial charge in [-0.15, -0.1) is 0 Å². The van der Waals surface area contributed by atoms with Crippen LogP contribution in [0.3, 0.4) is 0 Å². The number of benzene rings is 2. The number of hydrogen-bond acceptors (Lipinski definition) is 10. The first-order chi connectivity index (χ1) is 20.6. The predicted molar refractivity (Wildman–Crippen MR) is 163 cm³/mol. The average Bonchev–Trinajstić information content (AvgIpc) is 3.01. The SMILES string of the molecule is CCC(N)CC(=O)C(C)(C)C(OC(=O)C(=O)OC(c1ccc(C#N)cc1)C(C)(C)C(=O)CC(N)CC)c1ccc(C#N)cc1. The van der Waals surface area contributed by atoms with Crippen molar-refractivity contribution < 1.29 is 28.7 Å². The summed E-state index contributed by atoms with van der Waals surface area (Å²) in [6.45, 7) is 10.1. The van der Waals surface area contributed by atoms with Crippen molar-refractivity contribution in [2.24, 2.45) is 22.3 Å². The first kappa shape index (κ1) is 35.8. The molecule has 2 aromatic carbocycles. The lowest BCUT2D eigenvalue weighted by atomic mass is 9.76. The Morgan fingerprint density at radius 1 is 0.659 bits per heavy atom. The summed E-state index contributed by atoms with van der Waals surface area (Å²) in [5.41, 5.74) is 10.9. The number of Topliss-reactive ketones (excluding diaryl/α,β-unsaturated/α-hetero) is 2. The van der Waals surface area contributed by atoms with Crippen molar-refractivity contribution in [2.45, 2.75) is 91.5 Å². The number of nitrogens with zero attached hydrogens (tertiary/aromatic N) is 2. The molecule has 0 radical (unpaired) electrons. The van der Waals surface area contributed by atoms with E-state index in [0.717, 1.165) is 0 Å². The standard InChI is InChI=1S/C34H42N4O6/c1-7-25(37)17-27(39)33(3,4)29(23-13-9-21(19-35)10-14-23)43-31(41)32(42)44-30(24-15-11-22(20-36)12-16-24)34(5,6)28(40)18-26(38)8-2/h9-16,25-26,29-30H,7-8,17-18,37-38H2,1-6H3. The summed E-state index contributed by atoms with van der Waals surface area (Å²) in [5, 5.41) is 18.4. The van der Waals surface area contributed by atoms with Gasteiger partial charge >= 0.3 is 11.9 Å². The molecule has 0 heterocycles. The van der Waals surface area contributed by atoms with Gasteiger partial charge in [-0.05, 0) is 75.9 Å². The van der Waals surface area contributed by atoms with Crippen molar-refractivity contribution in [3.05, 3.63) is 70.8 Å².